The van der Waals surface area contributed by atoms with Crippen LogP contribution in [0.25, 0.3) is 21.8 Å². The summed E-state index contributed by atoms with van der Waals surface area (Å²) in [5.74, 6) is 0. The molecule has 0 aliphatic heterocycles. The van der Waals surface area contributed by atoms with Crippen LogP contribution in [0.5, 0.6) is 0 Å². The van der Waals surface area contributed by atoms with Crippen LogP contribution in [0.2, 0.25) is 0 Å². The number of unbranched alkanes of at least 4 members (excludes halogenated alkanes) is 6. The molecule has 0 bridgehead atoms. The van der Waals surface area contributed by atoms with E-state index in [9.17, 15) is 0 Å². The SMILES string of the molecule is N=c1c2c(n(CCCCCCCCCn3c4c(c(=N)c5ccccc53)CCCC4)c3ccccc13)CCCC2. The Morgan fingerprint density at radius 1 is 0.487 bits per heavy atom. The predicted molar refractivity (Wildman–Crippen MR) is 161 cm³/mol. The molecule has 4 nitrogen and oxygen atoms in total. The predicted octanol–water partition coefficient (Wildman–Crippen LogP) is 7.74. The van der Waals surface area contributed by atoms with Gasteiger partial charge in [0.15, 0.2) is 0 Å². The highest BCUT2D eigenvalue weighted by Crippen LogP contribution is 2.26. The molecule has 0 saturated carbocycles. The van der Waals surface area contributed by atoms with Crippen molar-refractivity contribution in [1.29, 1.82) is 10.8 Å². The van der Waals surface area contributed by atoms with Gasteiger partial charge in [-0.3, -0.25) is 10.8 Å². The Kier molecular flexibility index (Phi) is 7.99. The normalized spacial score (nSPS) is 15.0. The Hall–Kier alpha value is -3.14. The minimum Gasteiger partial charge on any atom is -0.344 e. The second-order valence-corrected chi connectivity index (χ2v) is 11.8. The molecule has 4 heteroatoms. The number of pyridine rings is 2. The summed E-state index contributed by atoms with van der Waals surface area (Å²) < 4.78 is 5.12. The van der Waals surface area contributed by atoms with Crippen molar-refractivity contribution in [2.24, 2.45) is 0 Å². The summed E-state index contributed by atoms with van der Waals surface area (Å²) in [6, 6.07) is 17.1. The van der Waals surface area contributed by atoms with Crippen LogP contribution in [-0.4, -0.2) is 9.13 Å². The summed E-state index contributed by atoms with van der Waals surface area (Å²) >= 11 is 0. The quantitative estimate of drug-likeness (QED) is 0.201. The summed E-state index contributed by atoms with van der Waals surface area (Å²) in [4.78, 5) is 0. The van der Waals surface area contributed by atoms with Crippen molar-refractivity contribution in [1.82, 2.24) is 9.13 Å². The molecule has 0 unspecified atom stereocenters. The maximum absolute atomic E-state index is 8.76. The first-order valence-corrected chi connectivity index (χ1v) is 15.6. The largest absolute Gasteiger partial charge is 0.344 e. The molecular formula is C35H44N4. The number of benzene rings is 2. The van der Waals surface area contributed by atoms with E-state index < -0.39 is 0 Å². The molecule has 0 atom stereocenters. The lowest BCUT2D eigenvalue weighted by atomic mass is 9.93. The van der Waals surface area contributed by atoms with E-state index in [1.165, 1.54) is 104 Å². The van der Waals surface area contributed by atoms with Crippen molar-refractivity contribution in [3.8, 4) is 0 Å². The molecule has 0 spiro atoms. The Morgan fingerprint density at radius 2 is 0.872 bits per heavy atom. The van der Waals surface area contributed by atoms with E-state index in [4.69, 9.17) is 10.8 Å². The van der Waals surface area contributed by atoms with Crippen molar-refractivity contribution in [2.75, 3.05) is 0 Å². The van der Waals surface area contributed by atoms with Gasteiger partial charge in [0.1, 0.15) is 0 Å². The van der Waals surface area contributed by atoms with Gasteiger partial charge in [-0.05, 0) is 87.5 Å². The monoisotopic (exact) mass is 520 g/mol. The molecule has 2 aliphatic carbocycles. The molecule has 0 amide bonds. The third-order valence-corrected chi connectivity index (χ3v) is 9.32. The lowest BCUT2D eigenvalue weighted by Crippen LogP contribution is -2.24. The van der Waals surface area contributed by atoms with Crippen molar-refractivity contribution < 1.29 is 0 Å². The van der Waals surface area contributed by atoms with Crippen molar-refractivity contribution in [3.05, 3.63) is 81.8 Å². The Balaban J connectivity index is 1.01. The van der Waals surface area contributed by atoms with Gasteiger partial charge in [-0.25, -0.2) is 0 Å². The number of nitrogens with zero attached hydrogens (tertiary/aromatic N) is 2. The van der Waals surface area contributed by atoms with Gasteiger partial charge in [0, 0.05) is 35.2 Å². The summed E-state index contributed by atoms with van der Waals surface area (Å²) in [5.41, 5.74) is 8.02. The third-order valence-electron chi connectivity index (χ3n) is 9.32. The molecule has 0 fully saturated rings. The standard InChI is InChI=1S/C35H44N4/c36-34-26-16-6-10-20-30(26)38(31-21-11-7-17-27(31)34)24-14-4-2-1-3-5-15-25-39-32-22-12-8-18-28(32)35(37)29-19-9-13-23-33(29)39/h6,8,10,12,16,18,20,22,36-37H,1-5,7,9,11,13-15,17,19,21,23-25H2. The maximum atomic E-state index is 8.76. The van der Waals surface area contributed by atoms with E-state index in [1.807, 2.05) is 0 Å². The van der Waals surface area contributed by atoms with Gasteiger partial charge in [0.25, 0.3) is 0 Å². The summed E-state index contributed by atoms with van der Waals surface area (Å²) in [7, 11) is 0. The van der Waals surface area contributed by atoms with Crippen LogP contribution >= 0.6 is 0 Å². The third kappa shape index (κ3) is 5.23. The van der Waals surface area contributed by atoms with E-state index in [-0.39, 0.29) is 0 Å². The highest BCUT2D eigenvalue weighted by atomic mass is 15.0. The number of fused-ring (bicyclic) bond motifs is 4. The summed E-state index contributed by atoms with van der Waals surface area (Å²) in [6.45, 7) is 2.17. The molecule has 0 saturated heterocycles. The van der Waals surface area contributed by atoms with Crippen LogP contribution in [-0.2, 0) is 38.8 Å². The minimum absolute atomic E-state index is 0.777. The zero-order valence-electron chi connectivity index (χ0n) is 23.5. The van der Waals surface area contributed by atoms with Gasteiger partial charge >= 0.3 is 0 Å². The van der Waals surface area contributed by atoms with Crippen LogP contribution in [0, 0.1) is 10.8 Å². The van der Waals surface area contributed by atoms with Gasteiger partial charge in [0.2, 0.25) is 0 Å². The van der Waals surface area contributed by atoms with Gasteiger partial charge in [-0.15, -0.1) is 0 Å². The molecule has 2 heterocycles. The van der Waals surface area contributed by atoms with Crippen molar-refractivity contribution in [3.63, 3.8) is 0 Å². The number of aromatic nitrogens is 2. The number of nitrogens with one attached hydrogen (secondary N) is 2. The van der Waals surface area contributed by atoms with E-state index in [0.717, 1.165) is 60.3 Å². The van der Waals surface area contributed by atoms with E-state index in [0.29, 0.717) is 0 Å². The molecule has 2 aromatic heterocycles. The second kappa shape index (κ2) is 11.9. The fraction of sp³-hybridized carbons (Fsp3) is 0.486. The molecule has 4 aromatic rings. The molecule has 204 valence electrons. The van der Waals surface area contributed by atoms with Crippen molar-refractivity contribution in [2.45, 2.75) is 109 Å². The molecule has 2 aromatic carbocycles. The number of hydrogen-bond donors (Lipinski definition) is 2. The first-order chi connectivity index (χ1) is 19.2. The van der Waals surface area contributed by atoms with Crippen LogP contribution in [0.1, 0.15) is 93.1 Å². The highest BCUT2D eigenvalue weighted by Gasteiger charge is 2.19. The van der Waals surface area contributed by atoms with Gasteiger partial charge in [0.05, 0.1) is 21.7 Å². The van der Waals surface area contributed by atoms with E-state index in [1.54, 1.807) is 0 Å². The fourth-order valence-corrected chi connectivity index (χ4v) is 7.30. The van der Waals surface area contributed by atoms with E-state index in [2.05, 4.69) is 57.7 Å². The lowest BCUT2D eigenvalue weighted by Gasteiger charge is -2.24. The lowest BCUT2D eigenvalue weighted by molar-refractivity contribution is 0.514. The molecule has 2 aliphatic rings. The highest BCUT2D eigenvalue weighted by molar-refractivity contribution is 5.80. The first kappa shape index (κ1) is 26.1. The molecule has 0 radical (unpaired) electrons. The summed E-state index contributed by atoms with van der Waals surface area (Å²) in [5, 5.41) is 21.3. The van der Waals surface area contributed by atoms with Crippen LogP contribution < -0.4 is 10.7 Å². The zero-order valence-corrected chi connectivity index (χ0v) is 23.5. The Labute approximate surface area is 232 Å². The maximum Gasteiger partial charge on any atom is 0.0682 e. The molecule has 39 heavy (non-hydrogen) atoms. The smallest absolute Gasteiger partial charge is 0.0682 e. The van der Waals surface area contributed by atoms with Crippen LogP contribution in [0.3, 0.4) is 0 Å². The fourth-order valence-electron chi connectivity index (χ4n) is 7.30. The molecular weight excluding hydrogens is 476 g/mol. The topological polar surface area (TPSA) is 57.6 Å². The number of aryl methyl sites for hydroxylation is 2. The second-order valence-electron chi connectivity index (χ2n) is 11.8. The van der Waals surface area contributed by atoms with Gasteiger partial charge in [-0.2, -0.15) is 0 Å². The number of hydrogen-bond acceptors (Lipinski definition) is 2. The Morgan fingerprint density at radius 3 is 1.33 bits per heavy atom. The number of para-hydroxylation sites is 2. The molecule has 2 N–H and O–H groups in total. The van der Waals surface area contributed by atoms with E-state index >= 15 is 0 Å². The first-order valence-electron chi connectivity index (χ1n) is 15.6. The van der Waals surface area contributed by atoms with Crippen molar-refractivity contribution >= 4 is 21.8 Å². The average Bonchev–Trinajstić information content (AvgIpc) is 2.99. The number of rotatable bonds is 10. The zero-order chi connectivity index (χ0) is 26.6. The van der Waals surface area contributed by atoms with Gasteiger partial charge in [-0.1, -0.05) is 68.5 Å². The minimum atomic E-state index is 0.777. The average molecular weight is 521 g/mol. The summed E-state index contributed by atoms with van der Waals surface area (Å²) in [6.07, 6.45) is 18.4. The molecule has 6 rings (SSSR count). The van der Waals surface area contributed by atoms with Crippen LogP contribution in [0.4, 0.5) is 0 Å². The Bertz CT molecular complexity index is 1470. The van der Waals surface area contributed by atoms with Crippen LogP contribution in [0.15, 0.2) is 48.5 Å². The van der Waals surface area contributed by atoms with Gasteiger partial charge < -0.3 is 9.13 Å².